The van der Waals surface area contributed by atoms with Crippen LogP contribution in [-0.4, -0.2) is 20.8 Å². The lowest BCUT2D eigenvalue weighted by atomic mass is 10.2. The Morgan fingerprint density at radius 1 is 1.41 bits per heavy atom. The summed E-state index contributed by atoms with van der Waals surface area (Å²) in [6.45, 7) is 5.42. The van der Waals surface area contributed by atoms with Crippen molar-refractivity contribution in [3.05, 3.63) is 28.8 Å². The van der Waals surface area contributed by atoms with E-state index >= 15 is 0 Å². The van der Waals surface area contributed by atoms with Gasteiger partial charge in [0.15, 0.2) is 5.82 Å². The maximum atomic E-state index is 12.0. The molecule has 6 heteroatoms. The monoisotopic (exact) mass is 234 g/mol. The molecule has 17 heavy (non-hydrogen) atoms. The largest absolute Gasteiger partial charge is 0.360 e. The molecule has 0 atom stereocenters. The summed E-state index contributed by atoms with van der Waals surface area (Å²) < 4.78 is 6.56. The van der Waals surface area contributed by atoms with Crippen LogP contribution in [0.1, 0.15) is 27.5 Å². The molecule has 0 fully saturated rings. The van der Waals surface area contributed by atoms with Crippen molar-refractivity contribution < 1.29 is 9.32 Å². The normalized spacial score (nSPS) is 10.6. The van der Waals surface area contributed by atoms with Gasteiger partial charge in [-0.05, 0) is 20.8 Å². The van der Waals surface area contributed by atoms with Crippen LogP contribution < -0.4 is 5.32 Å². The Kier molecular flexibility index (Phi) is 2.71. The first-order chi connectivity index (χ1) is 7.99. The van der Waals surface area contributed by atoms with Gasteiger partial charge in [-0.25, -0.2) is 0 Å². The van der Waals surface area contributed by atoms with Crippen molar-refractivity contribution >= 4 is 11.7 Å². The number of carbonyl (C=O) groups excluding carboxylic acids is 1. The second-order valence-corrected chi connectivity index (χ2v) is 3.95. The first kappa shape index (κ1) is 11.4. The van der Waals surface area contributed by atoms with Crippen molar-refractivity contribution in [2.45, 2.75) is 20.8 Å². The summed E-state index contributed by atoms with van der Waals surface area (Å²) in [6.07, 6.45) is 0. The van der Waals surface area contributed by atoms with E-state index in [1.165, 1.54) is 0 Å². The highest BCUT2D eigenvalue weighted by atomic mass is 16.5. The average Bonchev–Trinajstić information content (AvgIpc) is 2.73. The van der Waals surface area contributed by atoms with Crippen LogP contribution in [0.5, 0.6) is 0 Å². The summed E-state index contributed by atoms with van der Waals surface area (Å²) in [5.74, 6) is 0.844. The van der Waals surface area contributed by atoms with E-state index in [2.05, 4.69) is 15.6 Å². The van der Waals surface area contributed by atoms with Gasteiger partial charge in [0.1, 0.15) is 5.76 Å². The van der Waals surface area contributed by atoms with Crippen molar-refractivity contribution in [3.8, 4) is 0 Å². The predicted molar refractivity (Wildman–Crippen MR) is 61.9 cm³/mol. The van der Waals surface area contributed by atoms with Crippen molar-refractivity contribution in [1.82, 2.24) is 14.9 Å². The standard InChI is InChI=1S/C11H14N4O2/c1-6-5-9(14-17-6)12-11(16)10-7(2)13-15(4)8(10)3/h5H,1-4H3,(H,12,14,16). The molecule has 2 aromatic rings. The Balaban J connectivity index is 2.26. The van der Waals surface area contributed by atoms with E-state index in [0.29, 0.717) is 22.8 Å². The minimum atomic E-state index is -0.221. The Hall–Kier alpha value is -2.11. The summed E-state index contributed by atoms with van der Waals surface area (Å²) >= 11 is 0. The zero-order valence-electron chi connectivity index (χ0n) is 10.2. The second kappa shape index (κ2) is 4.04. The van der Waals surface area contributed by atoms with Crippen LogP contribution in [0.3, 0.4) is 0 Å². The van der Waals surface area contributed by atoms with E-state index in [1.807, 2.05) is 6.92 Å². The molecule has 6 nitrogen and oxygen atoms in total. The predicted octanol–water partition coefficient (Wildman–Crippen LogP) is 1.59. The van der Waals surface area contributed by atoms with Crippen molar-refractivity contribution in [2.24, 2.45) is 7.05 Å². The number of nitrogens with one attached hydrogen (secondary N) is 1. The molecule has 0 radical (unpaired) electrons. The maximum Gasteiger partial charge on any atom is 0.260 e. The van der Waals surface area contributed by atoms with Crippen molar-refractivity contribution in [3.63, 3.8) is 0 Å². The Labute approximate surface area is 98.6 Å². The van der Waals surface area contributed by atoms with Gasteiger partial charge in [0.2, 0.25) is 0 Å². The maximum absolute atomic E-state index is 12.0. The van der Waals surface area contributed by atoms with Gasteiger partial charge < -0.3 is 9.84 Å². The summed E-state index contributed by atoms with van der Waals surface area (Å²) in [4.78, 5) is 12.0. The zero-order valence-corrected chi connectivity index (χ0v) is 10.2. The molecule has 2 rings (SSSR count). The lowest BCUT2D eigenvalue weighted by Crippen LogP contribution is -2.14. The van der Waals surface area contributed by atoms with E-state index in [4.69, 9.17) is 4.52 Å². The first-order valence-corrected chi connectivity index (χ1v) is 5.24. The topological polar surface area (TPSA) is 73.0 Å². The van der Waals surface area contributed by atoms with Crippen LogP contribution in [0.25, 0.3) is 0 Å². The molecule has 0 aromatic carbocycles. The molecule has 2 heterocycles. The number of anilines is 1. The molecular weight excluding hydrogens is 220 g/mol. The lowest BCUT2D eigenvalue weighted by molar-refractivity contribution is 0.102. The molecule has 0 saturated carbocycles. The van der Waals surface area contributed by atoms with Crippen molar-refractivity contribution in [1.29, 1.82) is 0 Å². The molecule has 2 aromatic heterocycles. The van der Waals surface area contributed by atoms with E-state index in [-0.39, 0.29) is 5.91 Å². The van der Waals surface area contributed by atoms with Gasteiger partial charge in [-0.15, -0.1) is 0 Å². The smallest absolute Gasteiger partial charge is 0.260 e. The SMILES string of the molecule is Cc1cc(NC(=O)c2c(C)nn(C)c2C)no1. The van der Waals surface area contributed by atoms with Crippen LogP contribution in [0.4, 0.5) is 5.82 Å². The minimum absolute atomic E-state index is 0.221. The fourth-order valence-corrected chi connectivity index (χ4v) is 1.71. The summed E-state index contributed by atoms with van der Waals surface area (Å²) in [7, 11) is 1.80. The molecule has 0 unspecified atom stereocenters. The highest BCUT2D eigenvalue weighted by molar-refractivity contribution is 6.05. The van der Waals surface area contributed by atoms with Gasteiger partial charge in [-0.2, -0.15) is 5.10 Å². The van der Waals surface area contributed by atoms with E-state index in [1.54, 1.807) is 31.6 Å². The number of aryl methyl sites for hydroxylation is 3. The van der Waals surface area contributed by atoms with Gasteiger partial charge in [-0.1, -0.05) is 5.16 Å². The number of nitrogens with zero attached hydrogens (tertiary/aromatic N) is 3. The highest BCUT2D eigenvalue weighted by Gasteiger charge is 2.18. The average molecular weight is 234 g/mol. The molecule has 1 amide bonds. The van der Waals surface area contributed by atoms with Gasteiger partial charge in [0.05, 0.1) is 11.3 Å². The third-order valence-corrected chi connectivity index (χ3v) is 2.61. The quantitative estimate of drug-likeness (QED) is 0.856. The number of hydrogen-bond acceptors (Lipinski definition) is 4. The second-order valence-electron chi connectivity index (χ2n) is 3.95. The van der Waals surface area contributed by atoms with E-state index in [9.17, 15) is 4.79 Å². The molecular formula is C11H14N4O2. The van der Waals surface area contributed by atoms with E-state index < -0.39 is 0 Å². The highest BCUT2D eigenvalue weighted by Crippen LogP contribution is 2.15. The van der Waals surface area contributed by atoms with Crippen LogP contribution in [0.2, 0.25) is 0 Å². The molecule has 0 aliphatic rings. The molecule has 0 spiro atoms. The molecule has 0 aliphatic heterocycles. The molecule has 0 saturated heterocycles. The zero-order chi connectivity index (χ0) is 12.6. The van der Waals surface area contributed by atoms with Crippen molar-refractivity contribution in [2.75, 3.05) is 5.32 Å². The number of carbonyl (C=O) groups is 1. The summed E-state index contributed by atoms with van der Waals surface area (Å²) in [5, 5.41) is 10.6. The first-order valence-electron chi connectivity index (χ1n) is 5.24. The fraction of sp³-hybridized carbons (Fsp3) is 0.364. The Morgan fingerprint density at radius 3 is 2.59 bits per heavy atom. The van der Waals surface area contributed by atoms with Gasteiger partial charge in [0, 0.05) is 18.8 Å². The molecule has 90 valence electrons. The van der Waals surface area contributed by atoms with Gasteiger partial charge in [-0.3, -0.25) is 9.48 Å². The number of rotatable bonds is 2. The Morgan fingerprint density at radius 2 is 2.12 bits per heavy atom. The van der Waals surface area contributed by atoms with Crippen LogP contribution in [0, 0.1) is 20.8 Å². The Bertz CT molecular complexity index is 568. The molecule has 0 aliphatic carbocycles. The number of hydrogen-bond donors (Lipinski definition) is 1. The van der Waals surface area contributed by atoms with Gasteiger partial charge >= 0.3 is 0 Å². The minimum Gasteiger partial charge on any atom is -0.360 e. The third kappa shape index (κ3) is 2.06. The molecule has 0 bridgehead atoms. The van der Waals surface area contributed by atoms with Gasteiger partial charge in [0.25, 0.3) is 5.91 Å². The summed E-state index contributed by atoms with van der Waals surface area (Å²) in [6, 6.07) is 1.67. The number of amides is 1. The fourth-order valence-electron chi connectivity index (χ4n) is 1.71. The van der Waals surface area contributed by atoms with Crippen LogP contribution >= 0.6 is 0 Å². The third-order valence-electron chi connectivity index (χ3n) is 2.61. The van der Waals surface area contributed by atoms with Crippen LogP contribution in [0.15, 0.2) is 10.6 Å². The molecule has 1 N–H and O–H groups in total. The summed E-state index contributed by atoms with van der Waals surface area (Å²) in [5.41, 5.74) is 2.09. The lowest BCUT2D eigenvalue weighted by Gasteiger charge is -2.01. The van der Waals surface area contributed by atoms with E-state index in [0.717, 1.165) is 5.69 Å². The number of aromatic nitrogens is 3. The van der Waals surface area contributed by atoms with Crippen LogP contribution in [-0.2, 0) is 7.05 Å².